The maximum absolute atomic E-state index is 12.8. The highest BCUT2D eigenvalue weighted by molar-refractivity contribution is 6.29. The van der Waals surface area contributed by atoms with Crippen molar-refractivity contribution >= 4 is 23.2 Å². The number of amides is 1. The molecule has 6 heteroatoms. The molecule has 0 fully saturated rings. The highest BCUT2D eigenvalue weighted by Crippen LogP contribution is 2.27. The molecule has 0 bridgehead atoms. The van der Waals surface area contributed by atoms with Crippen molar-refractivity contribution in [2.24, 2.45) is 0 Å². The van der Waals surface area contributed by atoms with Crippen molar-refractivity contribution in [3.8, 4) is 17.2 Å². The van der Waals surface area contributed by atoms with E-state index in [1.54, 1.807) is 50.5 Å². The molecular weight excluding hydrogens is 372 g/mol. The van der Waals surface area contributed by atoms with Crippen LogP contribution >= 0.6 is 11.6 Å². The van der Waals surface area contributed by atoms with E-state index in [4.69, 9.17) is 11.6 Å². The summed E-state index contributed by atoms with van der Waals surface area (Å²) in [6, 6.07) is 14.8. The molecule has 1 aromatic carbocycles. The summed E-state index contributed by atoms with van der Waals surface area (Å²) in [6.45, 7) is 5.55. The second kappa shape index (κ2) is 7.79. The zero-order valence-corrected chi connectivity index (χ0v) is 16.6. The van der Waals surface area contributed by atoms with Crippen LogP contribution in [0.1, 0.15) is 35.5 Å². The number of anilines is 1. The first kappa shape index (κ1) is 19.5. The number of nitrogens with zero attached hydrogens (tertiary/aromatic N) is 3. The standard InChI is InChI=1S/C22H19ClN4O/c1-14-4-5-16(10-18(14)15-6-8-26-20(23)11-15)21(28)27-17-7-9-25-19(12-17)22(2,3)13-24/h4-12H,1-3H3,(H,25,27,28). The first-order chi connectivity index (χ1) is 13.3. The summed E-state index contributed by atoms with van der Waals surface area (Å²) in [5.41, 5.74) is 3.81. The van der Waals surface area contributed by atoms with Crippen molar-refractivity contribution in [2.75, 3.05) is 5.32 Å². The number of halogens is 1. The van der Waals surface area contributed by atoms with Crippen molar-refractivity contribution in [1.82, 2.24) is 9.97 Å². The number of hydrogen-bond acceptors (Lipinski definition) is 4. The molecule has 0 aliphatic rings. The lowest BCUT2D eigenvalue weighted by Gasteiger charge is -2.16. The Kier molecular flexibility index (Phi) is 5.43. The molecule has 0 atom stereocenters. The molecule has 3 rings (SSSR count). The molecule has 2 aromatic heterocycles. The van der Waals surface area contributed by atoms with Crippen LogP contribution in [0.15, 0.2) is 54.9 Å². The van der Waals surface area contributed by atoms with E-state index in [1.807, 2.05) is 25.1 Å². The molecule has 0 unspecified atom stereocenters. The number of carbonyl (C=O) groups excluding carboxylic acids is 1. The molecule has 0 radical (unpaired) electrons. The van der Waals surface area contributed by atoms with E-state index in [9.17, 15) is 10.1 Å². The van der Waals surface area contributed by atoms with E-state index in [0.29, 0.717) is 22.1 Å². The van der Waals surface area contributed by atoms with Crippen LogP contribution in [0.5, 0.6) is 0 Å². The van der Waals surface area contributed by atoms with Crippen LogP contribution in [0.25, 0.3) is 11.1 Å². The lowest BCUT2D eigenvalue weighted by molar-refractivity contribution is 0.102. The summed E-state index contributed by atoms with van der Waals surface area (Å²) in [6.07, 6.45) is 3.23. The third kappa shape index (κ3) is 4.19. The molecule has 0 saturated heterocycles. The van der Waals surface area contributed by atoms with Gasteiger partial charge in [0.15, 0.2) is 0 Å². The van der Waals surface area contributed by atoms with E-state index in [1.165, 1.54) is 0 Å². The molecule has 28 heavy (non-hydrogen) atoms. The van der Waals surface area contributed by atoms with Gasteiger partial charge in [0.1, 0.15) is 5.15 Å². The fourth-order valence-electron chi connectivity index (χ4n) is 2.75. The Labute approximate surface area is 169 Å². The number of pyridine rings is 2. The zero-order chi connectivity index (χ0) is 20.3. The third-order valence-electron chi connectivity index (χ3n) is 4.47. The molecule has 3 aromatic rings. The minimum atomic E-state index is -0.738. The van der Waals surface area contributed by atoms with Gasteiger partial charge in [-0.2, -0.15) is 5.26 Å². The summed E-state index contributed by atoms with van der Waals surface area (Å²) in [4.78, 5) is 21.0. The smallest absolute Gasteiger partial charge is 0.255 e. The molecule has 140 valence electrons. The topological polar surface area (TPSA) is 78.7 Å². The van der Waals surface area contributed by atoms with E-state index in [0.717, 1.165) is 16.7 Å². The second-order valence-electron chi connectivity index (χ2n) is 7.02. The Hall–Kier alpha value is -3.23. The van der Waals surface area contributed by atoms with Crippen molar-refractivity contribution < 1.29 is 4.79 Å². The lowest BCUT2D eigenvalue weighted by atomic mass is 9.90. The monoisotopic (exact) mass is 390 g/mol. The number of rotatable bonds is 4. The minimum absolute atomic E-state index is 0.242. The molecule has 1 amide bonds. The second-order valence-corrected chi connectivity index (χ2v) is 7.40. The first-order valence-electron chi connectivity index (χ1n) is 8.72. The highest BCUT2D eigenvalue weighted by Gasteiger charge is 2.22. The summed E-state index contributed by atoms with van der Waals surface area (Å²) in [5, 5.41) is 12.6. The van der Waals surface area contributed by atoms with Crippen LogP contribution in [0, 0.1) is 18.3 Å². The van der Waals surface area contributed by atoms with Gasteiger partial charge in [-0.15, -0.1) is 0 Å². The molecular formula is C22H19ClN4O. The van der Waals surface area contributed by atoms with Gasteiger partial charge < -0.3 is 5.32 Å². The quantitative estimate of drug-likeness (QED) is 0.624. The number of nitriles is 1. The molecule has 1 N–H and O–H groups in total. The SMILES string of the molecule is Cc1ccc(C(=O)Nc2ccnc(C(C)(C)C#N)c2)cc1-c1ccnc(Cl)c1. The van der Waals surface area contributed by atoms with Gasteiger partial charge in [-0.3, -0.25) is 9.78 Å². The van der Waals surface area contributed by atoms with Crippen molar-refractivity contribution in [1.29, 1.82) is 5.26 Å². The fourth-order valence-corrected chi connectivity index (χ4v) is 2.93. The van der Waals surface area contributed by atoms with Gasteiger partial charge in [0.05, 0.1) is 17.2 Å². The molecule has 0 aliphatic carbocycles. The lowest BCUT2D eigenvalue weighted by Crippen LogP contribution is -2.17. The number of nitrogens with one attached hydrogen (secondary N) is 1. The van der Waals surface area contributed by atoms with E-state index >= 15 is 0 Å². The number of benzene rings is 1. The maximum atomic E-state index is 12.8. The molecule has 0 saturated carbocycles. The average molecular weight is 391 g/mol. The maximum Gasteiger partial charge on any atom is 0.255 e. The summed E-state index contributed by atoms with van der Waals surface area (Å²) in [5.74, 6) is -0.242. The van der Waals surface area contributed by atoms with E-state index < -0.39 is 5.41 Å². The average Bonchev–Trinajstić information content (AvgIpc) is 2.68. The Morgan fingerprint density at radius 3 is 2.57 bits per heavy atom. The van der Waals surface area contributed by atoms with Crippen LogP contribution in [-0.4, -0.2) is 15.9 Å². The normalized spacial score (nSPS) is 11.0. The Balaban J connectivity index is 1.89. The van der Waals surface area contributed by atoms with Crippen molar-refractivity contribution in [3.63, 3.8) is 0 Å². The van der Waals surface area contributed by atoms with Gasteiger partial charge in [-0.05, 0) is 73.9 Å². The predicted octanol–water partition coefficient (Wildman–Crippen LogP) is 5.16. The van der Waals surface area contributed by atoms with Crippen LogP contribution in [0.4, 0.5) is 5.69 Å². The van der Waals surface area contributed by atoms with Crippen LogP contribution < -0.4 is 5.32 Å². The van der Waals surface area contributed by atoms with Crippen molar-refractivity contribution in [2.45, 2.75) is 26.2 Å². The van der Waals surface area contributed by atoms with Gasteiger partial charge in [0.2, 0.25) is 0 Å². The minimum Gasteiger partial charge on any atom is -0.322 e. The van der Waals surface area contributed by atoms with E-state index in [2.05, 4.69) is 21.4 Å². The van der Waals surface area contributed by atoms with Gasteiger partial charge >= 0.3 is 0 Å². The predicted molar refractivity (Wildman–Crippen MR) is 110 cm³/mol. The summed E-state index contributed by atoms with van der Waals surface area (Å²) in [7, 11) is 0. The largest absolute Gasteiger partial charge is 0.322 e. The van der Waals surface area contributed by atoms with Gasteiger partial charge in [-0.25, -0.2) is 4.98 Å². The summed E-state index contributed by atoms with van der Waals surface area (Å²) < 4.78 is 0. The molecule has 2 heterocycles. The Morgan fingerprint density at radius 2 is 1.86 bits per heavy atom. The van der Waals surface area contributed by atoms with Crippen LogP contribution in [0.2, 0.25) is 5.15 Å². The number of aryl methyl sites for hydroxylation is 1. The fraction of sp³-hybridized carbons (Fsp3) is 0.182. The van der Waals surface area contributed by atoms with Gasteiger partial charge in [-0.1, -0.05) is 17.7 Å². The highest BCUT2D eigenvalue weighted by atomic mass is 35.5. The Morgan fingerprint density at radius 1 is 1.11 bits per heavy atom. The number of aromatic nitrogens is 2. The zero-order valence-electron chi connectivity index (χ0n) is 15.8. The Bertz CT molecular complexity index is 1090. The summed E-state index contributed by atoms with van der Waals surface area (Å²) >= 11 is 6.00. The molecule has 0 aliphatic heterocycles. The van der Waals surface area contributed by atoms with Crippen molar-refractivity contribution in [3.05, 3.63) is 76.8 Å². The third-order valence-corrected chi connectivity index (χ3v) is 4.68. The number of hydrogen-bond donors (Lipinski definition) is 1. The van der Waals surface area contributed by atoms with Gasteiger partial charge in [0.25, 0.3) is 5.91 Å². The first-order valence-corrected chi connectivity index (χ1v) is 9.10. The number of carbonyl (C=O) groups is 1. The van der Waals surface area contributed by atoms with Gasteiger partial charge in [0, 0.05) is 23.6 Å². The molecule has 5 nitrogen and oxygen atoms in total. The van der Waals surface area contributed by atoms with Crippen LogP contribution in [0.3, 0.4) is 0 Å². The van der Waals surface area contributed by atoms with Crippen LogP contribution in [-0.2, 0) is 5.41 Å². The molecule has 0 spiro atoms. The van der Waals surface area contributed by atoms with E-state index in [-0.39, 0.29) is 5.91 Å².